The second-order valence-electron chi connectivity index (χ2n) is 6.91. The summed E-state index contributed by atoms with van der Waals surface area (Å²) in [5.41, 5.74) is 2.67. The van der Waals surface area contributed by atoms with Crippen LogP contribution in [0.1, 0.15) is 25.1 Å². The first-order chi connectivity index (χ1) is 15.0. The standard InChI is InChI=1S/C24H26FN5O/c1-4-30(5-2)22-16-17(3)26-24(29-22)28-20-13-11-19(12-14-20)27-23(31)15-10-18-8-6-7-9-21(18)25/h6-16H,4-5H2,1-3H3,(H,27,31)(H,26,28,29)/b15-10+. The first kappa shape index (κ1) is 22.0. The Morgan fingerprint density at radius 3 is 2.39 bits per heavy atom. The number of nitrogens with zero attached hydrogens (tertiary/aromatic N) is 3. The molecule has 1 aromatic heterocycles. The predicted molar refractivity (Wildman–Crippen MR) is 124 cm³/mol. The van der Waals surface area contributed by atoms with Crippen molar-refractivity contribution in [2.24, 2.45) is 0 Å². The van der Waals surface area contributed by atoms with E-state index in [1.165, 1.54) is 18.2 Å². The smallest absolute Gasteiger partial charge is 0.248 e. The van der Waals surface area contributed by atoms with E-state index in [1.54, 1.807) is 30.3 Å². The van der Waals surface area contributed by atoms with E-state index < -0.39 is 0 Å². The van der Waals surface area contributed by atoms with Gasteiger partial charge >= 0.3 is 0 Å². The van der Waals surface area contributed by atoms with Crippen LogP contribution in [0.2, 0.25) is 0 Å². The lowest BCUT2D eigenvalue weighted by molar-refractivity contribution is -0.111. The maximum absolute atomic E-state index is 13.6. The van der Waals surface area contributed by atoms with Crippen molar-refractivity contribution in [2.75, 3.05) is 28.6 Å². The van der Waals surface area contributed by atoms with E-state index in [4.69, 9.17) is 0 Å². The summed E-state index contributed by atoms with van der Waals surface area (Å²) in [5.74, 6) is 0.691. The van der Waals surface area contributed by atoms with E-state index in [2.05, 4.69) is 39.3 Å². The molecule has 1 heterocycles. The van der Waals surface area contributed by atoms with Crippen LogP contribution in [0.15, 0.2) is 60.7 Å². The Bertz CT molecular complexity index is 1060. The first-order valence-corrected chi connectivity index (χ1v) is 10.2. The molecular formula is C24H26FN5O. The number of carbonyl (C=O) groups excluding carboxylic acids is 1. The van der Waals surface area contributed by atoms with Crippen molar-refractivity contribution < 1.29 is 9.18 Å². The van der Waals surface area contributed by atoms with Gasteiger partial charge in [-0.05, 0) is 57.2 Å². The summed E-state index contributed by atoms with van der Waals surface area (Å²) < 4.78 is 13.6. The number of nitrogens with one attached hydrogen (secondary N) is 2. The van der Waals surface area contributed by atoms with Gasteiger partial charge in [-0.3, -0.25) is 4.79 Å². The van der Waals surface area contributed by atoms with Crippen molar-refractivity contribution in [3.8, 4) is 0 Å². The van der Waals surface area contributed by atoms with Crippen LogP contribution in [-0.2, 0) is 4.79 Å². The number of halogens is 1. The summed E-state index contributed by atoms with van der Waals surface area (Å²) in [6.45, 7) is 7.85. The zero-order chi connectivity index (χ0) is 22.2. The molecule has 0 bridgehead atoms. The zero-order valence-electron chi connectivity index (χ0n) is 17.9. The molecule has 6 nitrogen and oxygen atoms in total. The molecule has 3 rings (SSSR count). The fraction of sp³-hybridized carbons (Fsp3) is 0.208. The van der Waals surface area contributed by atoms with Crippen LogP contribution < -0.4 is 15.5 Å². The fourth-order valence-corrected chi connectivity index (χ4v) is 3.04. The van der Waals surface area contributed by atoms with Crippen LogP contribution in [0.3, 0.4) is 0 Å². The van der Waals surface area contributed by atoms with Crippen LogP contribution in [0.25, 0.3) is 6.08 Å². The number of anilines is 4. The summed E-state index contributed by atoms with van der Waals surface area (Å²) in [6, 6.07) is 15.5. The van der Waals surface area contributed by atoms with E-state index in [1.807, 2.05) is 25.1 Å². The number of hydrogen-bond acceptors (Lipinski definition) is 5. The van der Waals surface area contributed by atoms with Crippen molar-refractivity contribution in [3.05, 3.63) is 77.7 Å². The minimum absolute atomic E-state index is 0.338. The van der Waals surface area contributed by atoms with Gasteiger partial charge in [-0.15, -0.1) is 0 Å². The molecule has 0 saturated heterocycles. The number of rotatable bonds is 8. The molecule has 0 aliphatic heterocycles. The number of hydrogen-bond donors (Lipinski definition) is 2. The highest BCUT2D eigenvalue weighted by atomic mass is 19.1. The molecule has 0 saturated carbocycles. The molecule has 0 fully saturated rings. The van der Waals surface area contributed by atoms with Crippen LogP contribution >= 0.6 is 0 Å². The molecule has 1 amide bonds. The molecule has 0 spiro atoms. The third kappa shape index (κ3) is 6.12. The Hall–Kier alpha value is -3.74. The van der Waals surface area contributed by atoms with E-state index in [-0.39, 0.29) is 11.7 Å². The van der Waals surface area contributed by atoms with Gasteiger partial charge in [-0.1, -0.05) is 18.2 Å². The van der Waals surface area contributed by atoms with Crippen LogP contribution in [0.5, 0.6) is 0 Å². The van der Waals surface area contributed by atoms with E-state index in [0.29, 0.717) is 17.2 Å². The molecule has 0 unspecified atom stereocenters. The fourth-order valence-electron chi connectivity index (χ4n) is 3.04. The number of carbonyl (C=O) groups is 1. The Morgan fingerprint density at radius 1 is 1.03 bits per heavy atom. The van der Waals surface area contributed by atoms with Gasteiger partial charge in [-0.2, -0.15) is 4.98 Å². The van der Waals surface area contributed by atoms with Gasteiger partial charge in [0.2, 0.25) is 11.9 Å². The van der Waals surface area contributed by atoms with Crippen molar-refractivity contribution in [2.45, 2.75) is 20.8 Å². The normalized spacial score (nSPS) is 10.8. The lowest BCUT2D eigenvalue weighted by atomic mass is 10.2. The highest BCUT2D eigenvalue weighted by Gasteiger charge is 2.08. The third-order valence-electron chi connectivity index (χ3n) is 4.66. The van der Waals surface area contributed by atoms with Crippen molar-refractivity contribution in [1.82, 2.24) is 9.97 Å². The lowest BCUT2D eigenvalue weighted by Gasteiger charge is -2.20. The Kier molecular flexibility index (Phi) is 7.32. The zero-order valence-corrected chi connectivity index (χ0v) is 17.9. The van der Waals surface area contributed by atoms with Gasteiger partial charge in [0.05, 0.1) is 0 Å². The van der Waals surface area contributed by atoms with Gasteiger partial charge in [-0.25, -0.2) is 9.37 Å². The van der Waals surface area contributed by atoms with Crippen molar-refractivity contribution in [3.63, 3.8) is 0 Å². The van der Waals surface area contributed by atoms with Gasteiger partial charge in [0.1, 0.15) is 11.6 Å². The Labute approximate surface area is 181 Å². The van der Waals surface area contributed by atoms with Gasteiger partial charge in [0.15, 0.2) is 0 Å². The first-order valence-electron chi connectivity index (χ1n) is 10.2. The number of aromatic nitrogens is 2. The second kappa shape index (κ2) is 10.3. The third-order valence-corrected chi connectivity index (χ3v) is 4.66. The van der Waals surface area contributed by atoms with Crippen LogP contribution in [0.4, 0.5) is 27.5 Å². The molecule has 3 aromatic rings. The SMILES string of the molecule is CCN(CC)c1cc(C)nc(Nc2ccc(NC(=O)/C=C/c3ccccc3F)cc2)n1. The molecule has 0 aliphatic rings. The predicted octanol–water partition coefficient (Wildman–Crippen LogP) is 5.17. The quantitative estimate of drug-likeness (QED) is 0.493. The second-order valence-corrected chi connectivity index (χ2v) is 6.91. The molecule has 0 radical (unpaired) electrons. The molecule has 0 aliphatic carbocycles. The van der Waals surface area contributed by atoms with Gasteiger partial charge in [0.25, 0.3) is 0 Å². The average molecular weight is 420 g/mol. The van der Waals surface area contributed by atoms with E-state index in [9.17, 15) is 9.18 Å². The highest BCUT2D eigenvalue weighted by Crippen LogP contribution is 2.20. The molecule has 2 N–H and O–H groups in total. The largest absolute Gasteiger partial charge is 0.357 e. The number of aryl methyl sites for hydroxylation is 1. The molecule has 7 heteroatoms. The van der Waals surface area contributed by atoms with Gasteiger partial charge < -0.3 is 15.5 Å². The summed E-state index contributed by atoms with van der Waals surface area (Å²) in [7, 11) is 0. The average Bonchev–Trinajstić information content (AvgIpc) is 2.75. The van der Waals surface area contributed by atoms with Crippen LogP contribution in [-0.4, -0.2) is 29.0 Å². The minimum Gasteiger partial charge on any atom is -0.357 e. The van der Waals surface area contributed by atoms with Crippen molar-refractivity contribution in [1.29, 1.82) is 0 Å². The summed E-state index contributed by atoms with van der Waals surface area (Å²) in [5, 5.41) is 5.96. The molecular weight excluding hydrogens is 393 g/mol. The monoisotopic (exact) mass is 419 g/mol. The maximum atomic E-state index is 13.6. The lowest BCUT2D eigenvalue weighted by Crippen LogP contribution is -2.23. The van der Waals surface area contributed by atoms with E-state index in [0.717, 1.165) is 30.3 Å². The summed E-state index contributed by atoms with van der Waals surface area (Å²) in [4.78, 5) is 23.3. The topological polar surface area (TPSA) is 70.2 Å². The summed E-state index contributed by atoms with van der Waals surface area (Å²) >= 11 is 0. The van der Waals surface area contributed by atoms with Crippen molar-refractivity contribution >= 4 is 35.1 Å². The minimum atomic E-state index is -0.371. The summed E-state index contributed by atoms with van der Waals surface area (Å²) in [6.07, 6.45) is 2.75. The molecule has 0 atom stereocenters. The molecule has 2 aromatic carbocycles. The highest BCUT2D eigenvalue weighted by molar-refractivity contribution is 6.02. The Morgan fingerprint density at radius 2 is 1.71 bits per heavy atom. The maximum Gasteiger partial charge on any atom is 0.248 e. The number of benzene rings is 2. The molecule has 160 valence electrons. The Balaban J connectivity index is 1.64. The van der Waals surface area contributed by atoms with Crippen LogP contribution in [0, 0.1) is 12.7 Å². The molecule has 31 heavy (non-hydrogen) atoms. The van der Waals surface area contributed by atoms with E-state index >= 15 is 0 Å². The van der Waals surface area contributed by atoms with Gasteiger partial charge in [0, 0.05) is 47.9 Å². The number of amides is 1.